The van der Waals surface area contributed by atoms with Crippen LogP contribution >= 0.6 is 15.9 Å². The van der Waals surface area contributed by atoms with Crippen molar-refractivity contribution in [3.8, 4) is 0 Å². The lowest BCUT2D eigenvalue weighted by Crippen LogP contribution is -2.00. The smallest absolute Gasteiger partial charge is 0.335 e. The summed E-state index contributed by atoms with van der Waals surface area (Å²) < 4.78 is 0.923. The Morgan fingerprint density at radius 1 is 0.958 bits per heavy atom. The number of carbonyl (C=O) groups is 1. The lowest BCUT2D eigenvalue weighted by atomic mass is 10.2. The van der Waals surface area contributed by atoms with E-state index in [0.717, 1.165) is 10.2 Å². The van der Waals surface area contributed by atoms with Gasteiger partial charge in [0, 0.05) is 16.2 Å². The fourth-order valence-corrected chi connectivity index (χ4v) is 2.46. The predicted octanol–water partition coefficient (Wildman–Crippen LogP) is 4.42. The Morgan fingerprint density at radius 3 is 2.46 bits per heavy atom. The van der Waals surface area contributed by atoms with Crippen molar-refractivity contribution in [2.75, 3.05) is 10.6 Å². The normalized spacial score (nSPS) is 10.2. The molecule has 0 fully saturated rings. The monoisotopic (exact) mass is 384 g/mol. The molecule has 1 aromatic heterocycles. The third-order valence-corrected chi connectivity index (χ3v) is 3.88. The minimum atomic E-state index is -0.974. The van der Waals surface area contributed by atoms with Gasteiger partial charge in [0.05, 0.1) is 11.3 Å². The molecule has 3 N–H and O–H groups in total. The van der Waals surface area contributed by atoms with Crippen LogP contribution in [0.2, 0.25) is 0 Å². The standard InChI is InChI=1S/C17H13BrN4O2/c18-13-6-1-2-7-14(13)22-16-9-15(19-10-20-16)21-12-5-3-4-11(8-12)17(23)24/h1-10H,(H,23,24)(H2,19,20,21,22). The van der Waals surface area contributed by atoms with Crippen LogP contribution < -0.4 is 10.6 Å². The number of hydrogen-bond acceptors (Lipinski definition) is 5. The number of aromatic carboxylic acids is 1. The molecule has 0 bridgehead atoms. The van der Waals surface area contributed by atoms with E-state index < -0.39 is 5.97 Å². The molecule has 120 valence electrons. The molecule has 0 aliphatic carbocycles. The van der Waals surface area contributed by atoms with Crippen molar-refractivity contribution in [2.24, 2.45) is 0 Å². The molecule has 3 rings (SSSR count). The van der Waals surface area contributed by atoms with Gasteiger partial charge in [-0.25, -0.2) is 14.8 Å². The first kappa shape index (κ1) is 15.9. The Hall–Kier alpha value is -2.93. The lowest BCUT2D eigenvalue weighted by molar-refractivity contribution is 0.0697. The highest BCUT2D eigenvalue weighted by Crippen LogP contribution is 2.25. The summed E-state index contributed by atoms with van der Waals surface area (Å²) in [6, 6.07) is 16.0. The number of hydrogen-bond donors (Lipinski definition) is 3. The Kier molecular flexibility index (Phi) is 4.72. The fourth-order valence-electron chi connectivity index (χ4n) is 2.07. The first-order valence-corrected chi connectivity index (χ1v) is 7.85. The zero-order valence-corrected chi connectivity index (χ0v) is 14.0. The van der Waals surface area contributed by atoms with Crippen LogP contribution in [0, 0.1) is 0 Å². The molecule has 0 spiro atoms. The SMILES string of the molecule is O=C(O)c1cccc(Nc2cc(Nc3ccccc3Br)ncn2)c1. The molecule has 24 heavy (non-hydrogen) atoms. The fraction of sp³-hybridized carbons (Fsp3) is 0. The number of carboxylic acid groups (broad SMARTS) is 1. The van der Waals surface area contributed by atoms with E-state index in [-0.39, 0.29) is 5.56 Å². The topological polar surface area (TPSA) is 87.1 Å². The molecule has 0 saturated carbocycles. The molecular formula is C17H13BrN4O2. The van der Waals surface area contributed by atoms with Gasteiger partial charge < -0.3 is 15.7 Å². The Bertz CT molecular complexity index is 886. The first-order valence-electron chi connectivity index (χ1n) is 7.06. The summed E-state index contributed by atoms with van der Waals surface area (Å²) in [7, 11) is 0. The predicted molar refractivity (Wildman–Crippen MR) is 96.1 cm³/mol. The molecule has 1 heterocycles. The van der Waals surface area contributed by atoms with Crippen molar-refractivity contribution in [3.05, 3.63) is 71.0 Å². The number of nitrogens with one attached hydrogen (secondary N) is 2. The van der Waals surface area contributed by atoms with Crippen molar-refractivity contribution in [1.29, 1.82) is 0 Å². The molecule has 0 aliphatic heterocycles. The highest BCUT2D eigenvalue weighted by Gasteiger charge is 2.05. The summed E-state index contributed by atoms with van der Waals surface area (Å²) in [5, 5.41) is 15.3. The van der Waals surface area contributed by atoms with Crippen molar-refractivity contribution < 1.29 is 9.90 Å². The van der Waals surface area contributed by atoms with Crippen LogP contribution in [0.25, 0.3) is 0 Å². The van der Waals surface area contributed by atoms with Crippen molar-refractivity contribution in [3.63, 3.8) is 0 Å². The Morgan fingerprint density at radius 2 is 1.71 bits per heavy atom. The zero-order valence-electron chi connectivity index (χ0n) is 12.4. The quantitative estimate of drug-likeness (QED) is 0.603. The van der Waals surface area contributed by atoms with Crippen LogP contribution in [0.1, 0.15) is 10.4 Å². The highest BCUT2D eigenvalue weighted by atomic mass is 79.9. The molecule has 0 saturated heterocycles. The molecule has 2 aromatic carbocycles. The summed E-state index contributed by atoms with van der Waals surface area (Å²) in [5.41, 5.74) is 1.73. The van der Waals surface area contributed by atoms with Gasteiger partial charge in [0.25, 0.3) is 0 Å². The van der Waals surface area contributed by atoms with Gasteiger partial charge in [-0.15, -0.1) is 0 Å². The van der Waals surface area contributed by atoms with Gasteiger partial charge in [-0.1, -0.05) is 18.2 Å². The number of para-hydroxylation sites is 1. The molecule has 0 amide bonds. The Labute approximate surface area is 146 Å². The molecule has 0 unspecified atom stereocenters. The Balaban J connectivity index is 1.79. The van der Waals surface area contributed by atoms with E-state index in [2.05, 4.69) is 36.5 Å². The first-order chi connectivity index (χ1) is 11.6. The summed E-state index contributed by atoms with van der Waals surface area (Å²) in [5.74, 6) is 0.202. The minimum Gasteiger partial charge on any atom is -0.478 e. The van der Waals surface area contributed by atoms with Gasteiger partial charge in [0.1, 0.15) is 18.0 Å². The highest BCUT2D eigenvalue weighted by molar-refractivity contribution is 9.10. The van der Waals surface area contributed by atoms with E-state index in [0.29, 0.717) is 17.3 Å². The third kappa shape index (κ3) is 3.88. The average Bonchev–Trinajstić information content (AvgIpc) is 2.57. The number of rotatable bonds is 5. The van der Waals surface area contributed by atoms with Crippen LogP contribution in [0.5, 0.6) is 0 Å². The average molecular weight is 385 g/mol. The molecule has 3 aromatic rings. The van der Waals surface area contributed by atoms with Gasteiger partial charge in [-0.05, 0) is 46.3 Å². The molecule has 7 heteroatoms. The lowest BCUT2D eigenvalue weighted by Gasteiger charge is -2.10. The molecule has 0 aliphatic rings. The number of halogens is 1. The van der Waals surface area contributed by atoms with E-state index in [4.69, 9.17) is 5.11 Å². The summed E-state index contributed by atoms with van der Waals surface area (Å²) >= 11 is 3.47. The van der Waals surface area contributed by atoms with Gasteiger partial charge >= 0.3 is 5.97 Å². The molecule has 0 radical (unpaired) electrons. The number of anilines is 4. The number of aromatic nitrogens is 2. The minimum absolute atomic E-state index is 0.209. The number of nitrogens with zero attached hydrogens (tertiary/aromatic N) is 2. The number of benzene rings is 2. The van der Waals surface area contributed by atoms with Gasteiger partial charge in [-0.3, -0.25) is 0 Å². The van der Waals surface area contributed by atoms with E-state index in [1.165, 1.54) is 12.4 Å². The van der Waals surface area contributed by atoms with Gasteiger partial charge in [0.15, 0.2) is 0 Å². The van der Waals surface area contributed by atoms with Crippen LogP contribution in [-0.4, -0.2) is 21.0 Å². The number of carboxylic acids is 1. The molecule has 6 nitrogen and oxygen atoms in total. The van der Waals surface area contributed by atoms with Crippen LogP contribution in [0.15, 0.2) is 65.4 Å². The van der Waals surface area contributed by atoms with Crippen molar-refractivity contribution in [2.45, 2.75) is 0 Å². The zero-order chi connectivity index (χ0) is 16.9. The van der Waals surface area contributed by atoms with E-state index in [1.807, 2.05) is 24.3 Å². The molecule has 0 atom stereocenters. The maximum Gasteiger partial charge on any atom is 0.335 e. The largest absolute Gasteiger partial charge is 0.478 e. The van der Waals surface area contributed by atoms with Crippen LogP contribution in [-0.2, 0) is 0 Å². The van der Waals surface area contributed by atoms with Crippen molar-refractivity contribution >= 4 is 44.9 Å². The summed E-state index contributed by atoms with van der Waals surface area (Å²) in [6.45, 7) is 0. The molecular weight excluding hydrogens is 372 g/mol. The summed E-state index contributed by atoms with van der Waals surface area (Å²) in [4.78, 5) is 19.4. The van der Waals surface area contributed by atoms with Gasteiger partial charge in [-0.2, -0.15) is 0 Å². The van der Waals surface area contributed by atoms with Crippen LogP contribution in [0.4, 0.5) is 23.0 Å². The van der Waals surface area contributed by atoms with E-state index in [1.54, 1.807) is 24.3 Å². The van der Waals surface area contributed by atoms with E-state index >= 15 is 0 Å². The van der Waals surface area contributed by atoms with Gasteiger partial charge in [0.2, 0.25) is 0 Å². The summed E-state index contributed by atoms with van der Waals surface area (Å²) in [6.07, 6.45) is 1.43. The van der Waals surface area contributed by atoms with E-state index in [9.17, 15) is 4.79 Å². The van der Waals surface area contributed by atoms with Crippen molar-refractivity contribution in [1.82, 2.24) is 9.97 Å². The second-order valence-electron chi connectivity index (χ2n) is 4.90. The maximum atomic E-state index is 11.0. The second kappa shape index (κ2) is 7.10. The second-order valence-corrected chi connectivity index (χ2v) is 5.76. The third-order valence-electron chi connectivity index (χ3n) is 3.19. The van der Waals surface area contributed by atoms with Crippen LogP contribution in [0.3, 0.4) is 0 Å². The maximum absolute atomic E-state index is 11.0.